The van der Waals surface area contributed by atoms with E-state index in [1.807, 2.05) is 0 Å². The molecule has 0 fully saturated rings. The number of hydrogen-bond acceptors (Lipinski definition) is 3. The molecule has 2 rings (SSSR count). The van der Waals surface area contributed by atoms with Crippen molar-refractivity contribution in [2.24, 2.45) is 10.2 Å². The van der Waals surface area contributed by atoms with Gasteiger partial charge in [0.1, 0.15) is 17.6 Å². The van der Waals surface area contributed by atoms with E-state index in [0.717, 1.165) is 6.07 Å². The molecule has 1 atom stereocenters. The molecule has 1 aliphatic rings. The highest BCUT2D eigenvalue weighted by Crippen LogP contribution is 2.42. The van der Waals surface area contributed by atoms with Crippen LogP contribution in [0.2, 0.25) is 0 Å². The molecule has 0 bridgehead atoms. The average Bonchev–Trinajstić information content (AvgIpc) is 2.17. The maximum absolute atomic E-state index is 13.0. The number of halogens is 4. The minimum absolute atomic E-state index is 0.159. The summed E-state index contributed by atoms with van der Waals surface area (Å²) in [6.45, 7) is -0.159. The van der Waals surface area contributed by atoms with Gasteiger partial charge in [0.25, 0.3) is 0 Å². The van der Waals surface area contributed by atoms with Gasteiger partial charge in [-0.15, -0.1) is 0 Å². The van der Waals surface area contributed by atoms with Gasteiger partial charge >= 0.3 is 6.18 Å². The Kier molecular flexibility index (Phi) is 2.42. The number of aliphatic hydroxyl groups excluding tert-OH is 1. The fraction of sp³-hybridized carbons (Fsp3) is 0.333. The Morgan fingerprint density at radius 2 is 2.00 bits per heavy atom. The van der Waals surface area contributed by atoms with Gasteiger partial charge in [0.15, 0.2) is 0 Å². The standard InChI is InChI=1S/C9H6F4N2O/c10-4-1-5-7(16)3-14-15-8(5)6(2-4)9(11,12)13/h1-2,7,16H,3H2. The van der Waals surface area contributed by atoms with Gasteiger partial charge in [-0.05, 0) is 12.1 Å². The summed E-state index contributed by atoms with van der Waals surface area (Å²) in [6, 6.07) is 1.18. The van der Waals surface area contributed by atoms with E-state index in [0.29, 0.717) is 6.07 Å². The Bertz CT molecular complexity index is 456. The topological polar surface area (TPSA) is 45.0 Å². The van der Waals surface area contributed by atoms with E-state index in [-0.39, 0.29) is 12.1 Å². The molecule has 1 aromatic carbocycles. The van der Waals surface area contributed by atoms with Crippen molar-refractivity contribution in [1.29, 1.82) is 0 Å². The molecule has 1 unspecified atom stereocenters. The fourth-order valence-corrected chi connectivity index (χ4v) is 1.49. The van der Waals surface area contributed by atoms with Crippen molar-refractivity contribution in [3.63, 3.8) is 0 Å². The lowest BCUT2D eigenvalue weighted by Crippen LogP contribution is -2.12. The number of nitrogens with zero attached hydrogens (tertiary/aromatic N) is 2. The molecule has 0 aliphatic carbocycles. The zero-order valence-corrected chi connectivity index (χ0v) is 7.79. The smallest absolute Gasteiger partial charge is 0.386 e. The van der Waals surface area contributed by atoms with E-state index in [4.69, 9.17) is 0 Å². The quantitative estimate of drug-likeness (QED) is 0.689. The van der Waals surface area contributed by atoms with Crippen molar-refractivity contribution < 1.29 is 22.7 Å². The third kappa shape index (κ3) is 1.78. The van der Waals surface area contributed by atoms with Gasteiger partial charge in [0.05, 0.1) is 12.1 Å². The van der Waals surface area contributed by atoms with Crippen molar-refractivity contribution in [3.8, 4) is 0 Å². The normalized spacial score (nSPS) is 19.7. The Balaban J connectivity index is 2.68. The second-order valence-electron chi connectivity index (χ2n) is 3.33. The molecule has 0 spiro atoms. The molecule has 0 aromatic heterocycles. The van der Waals surface area contributed by atoms with Crippen LogP contribution in [0.3, 0.4) is 0 Å². The highest BCUT2D eigenvalue weighted by atomic mass is 19.4. The maximum atomic E-state index is 13.0. The summed E-state index contributed by atoms with van der Waals surface area (Å²) in [6.07, 6.45) is -5.97. The number of benzene rings is 1. The van der Waals surface area contributed by atoms with E-state index in [1.54, 1.807) is 0 Å². The van der Waals surface area contributed by atoms with Crippen molar-refractivity contribution in [2.45, 2.75) is 12.3 Å². The van der Waals surface area contributed by atoms with Gasteiger partial charge in [0, 0.05) is 5.56 Å². The lowest BCUT2D eigenvalue weighted by Gasteiger charge is -2.19. The van der Waals surface area contributed by atoms with Crippen LogP contribution in [-0.4, -0.2) is 11.7 Å². The predicted octanol–water partition coefficient (Wildman–Crippen LogP) is 2.98. The van der Waals surface area contributed by atoms with Gasteiger partial charge in [0.2, 0.25) is 0 Å². The molecule has 0 saturated heterocycles. The van der Waals surface area contributed by atoms with E-state index in [2.05, 4.69) is 10.2 Å². The largest absolute Gasteiger partial charge is 0.418 e. The molecule has 1 aromatic rings. The SMILES string of the molecule is OC1CN=Nc2c1cc(F)cc2C(F)(F)F. The number of alkyl halides is 3. The van der Waals surface area contributed by atoms with E-state index in [1.165, 1.54) is 0 Å². The lowest BCUT2D eigenvalue weighted by molar-refractivity contribution is -0.137. The van der Waals surface area contributed by atoms with E-state index >= 15 is 0 Å². The number of aliphatic hydroxyl groups is 1. The number of azo groups is 1. The van der Waals surface area contributed by atoms with Crippen LogP contribution in [0.5, 0.6) is 0 Å². The van der Waals surface area contributed by atoms with Crippen LogP contribution >= 0.6 is 0 Å². The van der Waals surface area contributed by atoms with Crippen molar-refractivity contribution in [2.75, 3.05) is 6.54 Å². The lowest BCUT2D eigenvalue weighted by atomic mass is 10.0. The monoisotopic (exact) mass is 234 g/mol. The first kappa shape index (κ1) is 11.0. The number of rotatable bonds is 0. The highest BCUT2D eigenvalue weighted by Gasteiger charge is 2.37. The van der Waals surface area contributed by atoms with Crippen LogP contribution < -0.4 is 0 Å². The minimum Gasteiger partial charge on any atom is -0.386 e. The zero-order chi connectivity index (χ0) is 11.9. The molecule has 0 saturated carbocycles. The molecule has 1 aliphatic heterocycles. The van der Waals surface area contributed by atoms with Crippen LogP contribution in [0.15, 0.2) is 22.4 Å². The van der Waals surface area contributed by atoms with Gasteiger partial charge in [-0.2, -0.15) is 23.4 Å². The minimum atomic E-state index is -4.72. The second kappa shape index (κ2) is 3.51. The number of fused-ring (bicyclic) bond motifs is 1. The number of hydrogen-bond donors (Lipinski definition) is 1. The summed E-state index contributed by atoms with van der Waals surface area (Å²) < 4.78 is 50.6. The third-order valence-corrected chi connectivity index (χ3v) is 2.19. The summed E-state index contributed by atoms with van der Waals surface area (Å²) in [5, 5.41) is 16.1. The molecule has 16 heavy (non-hydrogen) atoms. The Morgan fingerprint density at radius 1 is 1.31 bits per heavy atom. The predicted molar refractivity (Wildman–Crippen MR) is 45.7 cm³/mol. The van der Waals surface area contributed by atoms with Gasteiger partial charge < -0.3 is 5.11 Å². The summed E-state index contributed by atoms with van der Waals surface area (Å²) in [5.41, 5.74) is -1.90. The van der Waals surface area contributed by atoms with Gasteiger partial charge in [-0.1, -0.05) is 0 Å². The van der Waals surface area contributed by atoms with Crippen molar-refractivity contribution in [3.05, 3.63) is 29.1 Å². The first-order chi connectivity index (χ1) is 7.39. The second-order valence-corrected chi connectivity index (χ2v) is 3.33. The van der Waals surface area contributed by atoms with Gasteiger partial charge in [-0.3, -0.25) is 0 Å². The summed E-state index contributed by atoms with van der Waals surface area (Å²) in [5.74, 6) is -1.05. The molecule has 86 valence electrons. The maximum Gasteiger partial charge on any atom is 0.418 e. The summed E-state index contributed by atoms with van der Waals surface area (Å²) >= 11 is 0. The molecule has 0 amide bonds. The molecule has 1 N–H and O–H groups in total. The van der Waals surface area contributed by atoms with Gasteiger partial charge in [-0.25, -0.2) is 4.39 Å². The van der Waals surface area contributed by atoms with Crippen LogP contribution in [-0.2, 0) is 6.18 Å². The van der Waals surface area contributed by atoms with E-state index < -0.39 is 29.3 Å². The Hall–Kier alpha value is -1.50. The Morgan fingerprint density at radius 3 is 2.62 bits per heavy atom. The van der Waals surface area contributed by atoms with Crippen LogP contribution in [0.25, 0.3) is 0 Å². The molecule has 0 radical (unpaired) electrons. The molecular weight excluding hydrogens is 228 g/mol. The highest BCUT2D eigenvalue weighted by molar-refractivity contribution is 5.56. The first-order valence-electron chi connectivity index (χ1n) is 4.36. The first-order valence-corrected chi connectivity index (χ1v) is 4.36. The summed E-state index contributed by atoms with van der Waals surface area (Å²) in [7, 11) is 0. The molecular formula is C9H6F4N2O. The van der Waals surface area contributed by atoms with Crippen molar-refractivity contribution in [1.82, 2.24) is 0 Å². The average molecular weight is 234 g/mol. The van der Waals surface area contributed by atoms with Crippen molar-refractivity contribution >= 4 is 5.69 Å². The Labute approximate surface area is 87.4 Å². The van der Waals surface area contributed by atoms with Crippen LogP contribution in [0.4, 0.5) is 23.2 Å². The van der Waals surface area contributed by atoms with E-state index in [9.17, 15) is 22.7 Å². The third-order valence-electron chi connectivity index (χ3n) is 2.19. The zero-order valence-electron chi connectivity index (χ0n) is 7.79. The molecule has 1 heterocycles. The fourth-order valence-electron chi connectivity index (χ4n) is 1.49. The van der Waals surface area contributed by atoms with Crippen LogP contribution in [0.1, 0.15) is 17.2 Å². The molecule has 3 nitrogen and oxygen atoms in total. The molecule has 7 heteroatoms. The summed E-state index contributed by atoms with van der Waals surface area (Å²) in [4.78, 5) is 0. The van der Waals surface area contributed by atoms with Crippen LogP contribution in [0, 0.1) is 5.82 Å².